The molecule has 0 radical (unpaired) electrons. The summed E-state index contributed by atoms with van der Waals surface area (Å²) in [7, 11) is 0. The van der Waals surface area contributed by atoms with Crippen molar-refractivity contribution in [2.45, 2.75) is 34.2 Å². The number of carbonyl (C=O) groups excluding carboxylic acids is 3. The zero-order chi connectivity index (χ0) is 25.1. The highest BCUT2D eigenvalue weighted by molar-refractivity contribution is 6.06. The molecule has 0 atom stereocenters. The van der Waals surface area contributed by atoms with Crippen LogP contribution in [-0.2, 0) is 6.54 Å². The number of para-hydroxylation sites is 1. The molecular formula is C27H25N3O5. The van der Waals surface area contributed by atoms with E-state index in [0.29, 0.717) is 56.8 Å². The van der Waals surface area contributed by atoms with Gasteiger partial charge in [-0.1, -0.05) is 24.3 Å². The van der Waals surface area contributed by atoms with Crippen molar-refractivity contribution in [3.63, 3.8) is 0 Å². The Bertz CT molecular complexity index is 1410. The highest BCUT2D eigenvalue weighted by atomic mass is 16.4. The topological polar surface area (TPSA) is 114 Å². The summed E-state index contributed by atoms with van der Waals surface area (Å²) in [5.74, 6) is 1.43. The second-order valence-corrected chi connectivity index (χ2v) is 8.16. The van der Waals surface area contributed by atoms with Crippen molar-refractivity contribution in [2.24, 2.45) is 0 Å². The van der Waals surface area contributed by atoms with Gasteiger partial charge in [0.2, 0.25) is 5.89 Å². The Morgan fingerprint density at radius 2 is 1.54 bits per heavy atom. The van der Waals surface area contributed by atoms with E-state index in [9.17, 15) is 14.4 Å². The van der Waals surface area contributed by atoms with Gasteiger partial charge in [0.15, 0.2) is 5.78 Å². The summed E-state index contributed by atoms with van der Waals surface area (Å²) in [6.07, 6.45) is 0. The van der Waals surface area contributed by atoms with Gasteiger partial charge in [-0.3, -0.25) is 14.4 Å². The fourth-order valence-corrected chi connectivity index (χ4v) is 3.65. The van der Waals surface area contributed by atoms with Crippen molar-refractivity contribution in [1.82, 2.24) is 10.3 Å². The van der Waals surface area contributed by atoms with Crippen molar-refractivity contribution < 1.29 is 23.2 Å². The molecule has 178 valence electrons. The van der Waals surface area contributed by atoms with E-state index in [-0.39, 0.29) is 24.1 Å². The maximum Gasteiger partial charge on any atom is 0.259 e. The van der Waals surface area contributed by atoms with E-state index in [2.05, 4.69) is 15.6 Å². The first-order valence-electron chi connectivity index (χ1n) is 11.1. The number of hydrogen-bond donors (Lipinski definition) is 2. The van der Waals surface area contributed by atoms with E-state index in [1.165, 1.54) is 6.92 Å². The van der Waals surface area contributed by atoms with Crippen LogP contribution in [0.1, 0.15) is 61.0 Å². The van der Waals surface area contributed by atoms with E-state index >= 15 is 0 Å². The van der Waals surface area contributed by atoms with Gasteiger partial charge in [-0.25, -0.2) is 4.98 Å². The fourth-order valence-electron chi connectivity index (χ4n) is 3.65. The van der Waals surface area contributed by atoms with Crippen LogP contribution in [0.5, 0.6) is 0 Å². The third kappa shape index (κ3) is 5.22. The minimum absolute atomic E-state index is 0.0609. The molecule has 0 bridgehead atoms. The van der Waals surface area contributed by atoms with E-state index in [1.807, 2.05) is 6.07 Å². The van der Waals surface area contributed by atoms with E-state index in [0.717, 1.165) is 0 Å². The first kappa shape index (κ1) is 23.7. The zero-order valence-corrected chi connectivity index (χ0v) is 19.9. The standard InChI is InChI=1S/C27H25N3O5/c1-15-13-22(17(3)34-15)26(33)29-23-8-6-5-7-21(23)27-30-24(18(4)35-27)14-28-25(32)20-11-9-19(10-12-20)16(2)31/h5-13H,14H2,1-4H3,(H,28,32)(H,29,33). The van der Waals surface area contributed by atoms with E-state index < -0.39 is 0 Å². The third-order valence-electron chi connectivity index (χ3n) is 5.55. The molecule has 2 aromatic heterocycles. The van der Waals surface area contributed by atoms with E-state index in [4.69, 9.17) is 8.83 Å². The number of aryl methyl sites for hydroxylation is 3. The van der Waals surface area contributed by atoms with Gasteiger partial charge in [0, 0.05) is 11.1 Å². The molecule has 0 saturated carbocycles. The minimum atomic E-state index is -0.293. The third-order valence-corrected chi connectivity index (χ3v) is 5.55. The molecule has 0 aliphatic heterocycles. The molecule has 2 N–H and O–H groups in total. The number of furan rings is 1. The Balaban J connectivity index is 1.49. The smallest absolute Gasteiger partial charge is 0.259 e. The number of oxazole rings is 1. The van der Waals surface area contributed by atoms with Gasteiger partial charge < -0.3 is 19.5 Å². The quantitative estimate of drug-likeness (QED) is 0.356. The van der Waals surface area contributed by atoms with E-state index in [1.54, 1.807) is 69.3 Å². The van der Waals surface area contributed by atoms with Gasteiger partial charge in [0.1, 0.15) is 23.0 Å². The second-order valence-electron chi connectivity index (χ2n) is 8.16. The fraction of sp³-hybridized carbons (Fsp3) is 0.185. The van der Waals surface area contributed by atoms with Crippen LogP contribution in [0.2, 0.25) is 0 Å². The largest absolute Gasteiger partial charge is 0.466 e. The number of nitrogens with one attached hydrogen (secondary N) is 2. The molecule has 2 heterocycles. The van der Waals surface area contributed by atoms with Crippen LogP contribution in [-0.4, -0.2) is 22.6 Å². The molecule has 35 heavy (non-hydrogen) atoms. The summed E-state index contributed by atoms with van der Waals surface area (Å²) in [5, 5.41) is 5.72. The van der Waals surface area contributed by atoms with Crippen molar-refractivity contribution in [3.8, 4) is 11.5 Å². The number of hydrogen-bond acceptors (Lipinski definition) is 6. The Labute approximate surface area is 202 Å². The molecule has 8 heteroatoms. The number of anilines is 1. The number of nitrogens with zero attached hydrogens (tertiary/aromatic N) is 1. The molecule has 8 nitrogen and oxygen atoms in total. The predicted molar refractivity (Wildman–Crippen MR) is 130 cm³/mol. The van der Waals surface area contributed by atoms with Gasteiger partial charge >= 0.3 is 0 Å². The lowest BCUT2D eigenvalue weighted by Crippen LogP contribution is -2.23. The first-order chi connectivity index (χ1) is 16.7. The van der Waals surface area contributed by atoms with Crippen molar-refractivity contribution >= 4 is 23.3 Å². The lowest BCUT2D eigenvalue weighted by molar-refractivity contribution is 0.0947. The Morgan fingerprint density at radius 3 is 2.20 bits per heavy atom. The van der Waals surface area contributed by atoms with Crippen molar-refractivity contribution in [2.75, 3.05) is 5.32 Å². The highest BCUT2D eigenvalue weighted by Gasteiger charge is 2.19. The Hall–Kier alpha value is -4.46. The van der Waals surface area contributed by atoms with Crippen LogP contribution in [0.15, 0.2) is 63.4 Å². The van der Waals surface area contributed by atoms with Crippen molar-refractivity contribution in [1.29, 1.82) is 0 Å². The van der Waals surface area contributed by atoms with Crippen molar-refractivity contribution in [3.05, 3.63) is 94.3 Å². The summed E-state index contributed by atoms with van der Waals surface area (Å²) < 4.78 is 11.3. The summed E-state index contributed by atoms with van der Waals surface area (Å²) in [6.45, 7) is 6.92. The molecule has 0 spiro atoms. The minimum Gasteiger partial charge on any atom is -0.466 e. The van der Waals surface area contributed by atoms with Gasteiger partial charge in [-0.05, 0) is 58.0 Å². The van der Waals surface area contributed by atoms with Gasteiger partial charge in [0.25, 0.3) is 11.8 Å². The van der Waals surface area contributed by atoms with Crippen LogP contribution < -0.4 is 10.6 Å². The molecule has 4 aromatic rings. The van der Waals surface area contributed by atoms with Gasteiger partial charge in [-0.2, -0.15) is 0 Å². The zero-order valence-electron chi connectivity index (χ0n) is 19.9. The van der Waals surface area contributed by atoms with Crippen LogP contribution in [0.4, 0.5) is 5.69 Å². The average molecular weight is 472 g/mol. The maximum absolute atomic E-state index is 12.8. The Morgan fingerprint density at radius 1 is 0.857 bits per heavy atom. The number of benzene rings is 2. The summed E-state index contributed by atoms with van der Waals surface area (Å²) in [5.41, 5.74) is 3.16. The first-order valence-corrected chi connectivity index (χ1v) is 11.1. The number of ketones is 1. The highest BCUT2D eigenvalue weighted by Crippen LogP contribution is 2.29. The monoisotopic (exact) mass is 471 g/mol. The molecule has 0 fully saturated rings. The normalized spacial score (nSPS) is 10.7. The molecule has 2 aromatic carbocycles. The molecule has 4 rings (SSSR count). The molecule has 0 saturated heterocycles. The summed E-state index contributed by atoms with van der Waals surface area (Å²) >= 11 is 0. The summed E-state index contributed by atoms with van der Waals surface area (Å²) in [6, 6.07) is 15.3. The van der Waals surface area contributed by atoms with Crippen LogP contribution in [0.3, 0.4) is 0 Å². The molecule has 0 unspecified atom stereocenters. The number of aromatic nitrogens is 1. The number of carbonyl (C=O) groups is 3. The number of Topliss-reactive ketones (excluding diaryl/α,β-unsaturated/α-hetero) is 1. The summed E-state index contributed by atoms with van der Waals surface area (Å²) in [4.78, 5) is 41.3. The van der Waals surface area contributed by atoms with Gasteiger partial charge in [0.05, 0.1) is 23.4 Å². The number of amides is 2. The average Bonchev–Trinajstić information content (AvgIpc) is 3.38. The molecule has 0 aliphatic carbocycles. The number of rotatable bonds is 7. The SMILES string of the molecule is CC(=O)c1ccc(C(=O)NCc2nc(-c3ccccc3NC(=O)c3cc(C)oc3C)oc2C)cc1. The second kappa shape index (κ2) is 9.80. The van der Waals surface area contributed by atoms with Gasteiger partial charge in [-0.15, -0.1) is 0 Å². The molecule has 0 aliphatic rings. The molecule has 2 amide bonds. The maximum atomic E-state index is 12.8. The Kier molecular flexibility index (Phi) is 6.64. The van der Waals surface area contributed by atoms with Crippen LogP contribution >= 0.6 is 0 Å². The van der Waals surface area contributed by atoms with Crippen LogP contribution in [0, 0.1) is 20.8 Å². The predicted octanol–water partition coefficient (Wildman–Crippen LogP) is 5.24. The van der Waals surface area contributed by atoms with Crippen LogP contribution in [0.25, 0.3) is 11.5 Å². The lowest BCUT2D eigenvalue weighted by atomic mass is 10.1. The lowest BCUT2D eigenvalue weighted by Gasteiger charge is -2.08. The molecular weight excluding hydrogens is 446 g/mol.